The molecule has 3 nitrogen and oxygen atoms in total. The SMILES string of the molecule is CCN(CCOc1ccc(C#CCO)cc1)CC1CC1. The standard InChI is InChI=1S/C17H23NO2/c1-2-18(14-16-5-6-16)11-13-20-17-9-7-15(8-10-17)4-3-12-19/h7-10,16,19H,2,5-6,11-14H2,1H3. The van der Waals surface area contributed by atoms with Gasteiger partial charge in [0, 0.05) is 18.7 Å². The molecule has 1 saturated carbocycles. The summed E-state index contributed by atoms with van der Waals surface area (Å²) in [5.74, 6) is 7.31. The molecule has 0 unspecified atom stereocenters. The Hall–Kier alpha value is -1.50. The molecule has 1 N–H and O–H groups in total. The van der Waals surface area contributed by atoms with Crippen LogP contribution in [0.2, 0.25) is 0 Å². The minimum Gasteiger partial charge on any atom is -0.492 e. The first-order valence-corrected chi connectivity index (χ1v) is 7.36. The Morgan fingerprint density at radius 3 is 2.65 bits per heavy atom. The van der Waals surface area contributed by atoms with E-state index in [1.165, 1.54) is 19.4 Å². The second-order valence-corrected chi connectivity index (χ2v) is 5.17. The Bertz CT molecular complexity index is 454. The molecule has 3 heteroatoms. The quantitative estimate of drug-likeness (QED) is 0.773. The van der Waals surface area contributed by atoms with Crippen molar-refractivity contribution in [1.29, 1.82) is 0 Å². The number of likely N-dealkylation sites (N-methyl/N-ethyl adjacent to an activating group) is 1. The molecule has 0 bridgehead atoms. The zero-order valence-corrected chi connectivity index (χ0v) is 12.1. The molecule has 1 aromatic rings. The summed E-state index contributed by atoms with van der Waals surface area (Å²) in [4.78, 5) is 2.46. The molecule has 0 amide bonds. The fourth-order valence-electron chi connectivity index (χ4n) is 2.11. The minimum absolute atomic E-state index is 0.105. The number of aliphatic hydroxyl groups excluding tert-OH is 1. The maximum absolute atomic E-state index is 8.64. The lowest BCUT2D eigenvalue weighted by molar-refractivity contribution is 0.210. The van der Waals surface area contributed by atoms with Crippen LogP contribution < -0.4 is 4.74 Å². The molecule has 1 aliphatic carbocycles. The van der Waals surface area contributed by atoms with Crippen LogP contribution in [0, 0.1) is 17.8 Å². The summed E-state index contributed by atoms with van der Waals surface area (Å²) >= 11 is 0. The largest absolute Gasteiger partial charge is 0.492 e. The highest BCUT2D eigenvalue weighted by Crippen LogP contribution is 2.29. The third kappa shape index (κ3) is 5.24. The fraction of sp³-hybridized carbons (Fsp3) is 0.529. The van der Waals surface area contributed by atoms with E-state index in [-0.39, 0.29) is 6.61 Å². The number of ether oxygens (including phenoxy) is 1. The van der Waals surface area contributed by atoms with Crippen molar-refractivity contribution in [3.05, 3.63) is 29.8 Å². The molecule has 0 saturated heterocycles. The highest BCUT2D eigenvalue weighted by atomic mass is 16.5. The maximum atomic E-state index is 8.64. The predicted molar refractivity (Wildman–Crippen MR) is 80.7 cm³/mol. The van der Waals surface area contributed by atoms with Crippen molar-refractivity contribution in [2.45, 2.75) is 19.8 Å². The van der Waals surface area contributed by atoms with Crippen molar-refractivity contribution >= 4 is 0 Å². The first-order chi connectivity index (χ1) is 9.81. The second kappa shape index (κ2) is 7.94. The number of hydrogen-bond acceptors (Lipinski definition) is 3. The normalized spacial score (nSPS) is 13.9. The van der Waals surface area contributed by atoms with Crippen LogP contribution in [0.5, 0.6) is 5.75 Å². The average molecular weight is 273 g/mol. The van der Waals surface area contributed by atoms with Crippen molar-refractivity contribution in [3.8, 4) is 17.6 Å². The van der Waals surface area contributed by atoms with Crippen LogP contribution in [0.4, 0.5) is 0 Å². The Morgan fingerprint density at radius 1 is 1.30 bits per heavy atom. The molecule has 0 heterocycles. The highest BCUT2D eigenvalue weighted by molar-refractivity contribution is 5.38. The van der Waals surface area contributed by atoms with Crippen molar-refractivity contribution in [3.63, 3.8) is 0 Å². The lowest BCUT2D eigenvalue weighted by atomic mass is 10.2. The van der Waals surface area contributed by atoms with Gasteiger partial charge in [0.05, 0.1) is 0 Å². The second-order valence-electron chi connectivity index (χ2n) is 5.17. The molecule has 1 aromatic carbocycles. The maximum Gasteiger partial charge on any atom is 0.119 e. The molecule has 0 atom stereocenters. The summed E-state index contributed by atoms with van der Waals surface area (Å²) in [5, 5.41) is 8.64. The highest BCUT2D eigenvalue weighted by Gasteiger charge is 2.23. The molecule has 0 aliphatic heterocycles. The molecule has 0 radical (unpaired) electrons. The third-order valence-electron chi connectivity index (χ3n) is 3.50. The molecule has 0 aromatic heterocycles. The van der Waals surface area contributed by atoms with Crippen LogP contribution in [0.25, 0.3) is 0 Å². The summed E-state index contributed by atoms with van der Waals surface area (Å²) in [5.41, 5.74) is 0.898. The summed E-state index contributed by atoms with van der Waals surface area (Å²) in [6.45, 7) is 6.12. The van der Waals surface area contributed by atoms with E-state index in [0.29, 0.717) is 0 Å². The van der Waals surface area contributed by atoms with E-state index in [1.807, 2.05) is 24.3 Å². The van der Waals surface area contributed by atoms with Gasteiger partial charge in [0.2, 0.25) is 0 Å². The Kier molecular flexibility index (Phi) is 5.91. The molecular weight excluding hydrogens is 250 g/mol. The van der Waals surface area contributed by atoms with E-state index >= 15 is 0 Å². The smallest absolute Gasteiger partial charge is 0.119 e. The van der Waals surface area contributed by atoms with Gasteiger partial charge < -0.3 is 9.84 Å². The average Bonchev–Trinajstić information content (AvgIpc) is 3.29. The molecule has 1 aliphatic rings. The molecular formula is C17H23NO2. The van der Waals surface area contributed by atoms with E-state index < -0.39 is 0 Å². The van der Waals surface area contributed by atoms with Gasteiger partial charge in [0.25, 0.3) is 0 Å². The Balaban J connectivity index is 1.72. The molecule has 20 heavy (non-hydrogen) atoms. The van der Waals surface area contributed by atoms with Crippen LogP contribution in [-0.2, 0) is 0 Å². The number of aliphatic hydroxyl groups is 1. The van der Waals surface area contributed by atoms with Gasteiger partial charge in [-0.15, -0.1) is 0 Å². The molecule has 0 spiro atoms. The van der Waals surface area contributed by atoms with Crippen molar-refractivity contribution < 1.29 is 9.84 Å². The topological polar surface area (TPSA) is 32.7 Å². The number of benzene rings is 1. The molecule has 108 valence electrons. The minimum atomic E-state index is -0.105. The monoisotopic (exact) mass is 273 g/mol. The third-order valence-corrected chi connectivity index (χ3v) is 3.50. The van der Waals surface area contributed by atoms with Gasteiger partial charge in [-0.25, -0.2) is 0 Å². The lowest BCUT2D eigenvalue weighted by Crippen LogP contribution is -2.30. The summed E-state index contributed by atoms with van der Waals surface area (Å²) in [6, 6.07) is 7.69. The first kappa shape index (κ1) is 14.9. The van der Waals surface area contributed by atoms with Gasteiger partial charge in [-0.2, -0.15) is 0 Å². The van der Waals surface area contributed by atoms with E-state index in [2.05, 4.69) is 23.7 Å². The summed E-state index contributed by atoms with van der Waals surface area (Å²) < 4.78 is 5.76. The Morgan fingerprint density at radius 2 is 2.05 bits per heavy atom. The van der Waals surface area contributed by atoms with Gasteiger partial charge in [-0.1, -0.05) is 18.8 Å². The van der Waals surface area contributed by atoms with Crippen LogP contribution in [0.3, 0.4) is 0 Å². The predicted octanol–water partition coefficient (Wildman–Crippen LogP) is 2.14. The van der Waals surface area contributed by atoms with E-state index in [1.54, 1.807) is 0 Å². The Labute approximate surface area is 121 Å². The zero-order valence-electron chi connectivity index (χ0n) is 12.1. The van der Waals surface area contributed by atoms with Crippen molar-refractivity contribution in [1.82, 2.24) is 4.90 Å². The first-order valence-electron chi connectivity index (χ1n) is 7.36. The van der Waals surface area contributed by atoms with Crippen molar-refractivity contribution in [2.24, 2.45) is 5.92 Å². The fourth-order valence-corrected chi connectivity index (χ4v) is 2.11. The van der Waals surface area contributed by atoms with E-state index in [9.17, 15) is 0 Å². The van der Waals surface area contributed by atoms with Crippen LogP contribution in [0.1, 0.15) is 25.3 Å². The van der Waals surface area contributed by atoms with Gasteiger partial charge in [-0.3, -0.25) is 4.90 Å². The van der Waals surface area contributed by atoms with Gasteiger partial charge in [-0.05, 0) is 49.6 Å². The van der Waals surface area contributed by atoms with Crippen molar-refractivity contribution in [2.75, 3.05) is 32.8 Å². The van der Waals surface area contributed by atoms with E-state index in [0.717, 1.165) is 36.9 Å². The van der Waals surface area contributed by atoms with Gasteiger partial charge in [0.15, 0.2) is 0 Å². The van der Waals surface area contributed by atoms with Gasteiger partial charge >= 0.3 is 0 Å². The molecule has 1 fully saturated rings. The molecule has 2 rings (SSSR count). The number of rotatable bonds is 7. The van der Waals surface area contributed by atoms with Gasteiger partial charge in [0.1, 0.15) is 19.0 Å². The number of hydrogen-bond donors (Lipinski definition) is 1. The van der Waals surface area contributed by atoms with Crippen LogP contribution >= 0.6 is 0 Å². The lowest BCUT2D eigenvalue weighted by Gasteiger charge is -2.20. The summed E-state index contributed by atoms with van der Waals surface area (Å²) in [6.07, 6.45) is 2.79. The zero-order chi connectivity index (χ0) is 14.2. The van der Waals surface area contributed by atoms with E-state index in [4.69, 9.17) is 9.84 Å². The summed E-state index contributed by atoms with van der Waals surface area (Å²) in [7, 11) is 0. The van der Waals surface area contributed by atoms with Crippen LogP contribution in [0.15, 0.2) is 24.3 Å². The number of nitrogens with zero attached hydrogens (tertiary/aromatic N) is 1. The van der Waals surface area contributed by atoms with Crippen LogP contribution in [-0.4, -0.2) is 42.9 Å².